The Hall–Kier alpha value is -3.17. The maximum atomic E-state index is 13.4. The molecule has 0 N–H and O–H groups in total. The summed E-state index contributed by atoms with van der Waals surface area (Å²) in [5, 5.41) is 3.78. The van der Waals surface area contributed by atoms with Crippen molar-refractivity contribution < 1.29 is 22.5 Å². The van der Waals surface area contributed by atoms with Gasteiger partial charge in [-0.15, -0.1) is 6.58 Å². The van der Waals surface area contributed by atoms with Gasteiger partial charge in [-0.3, -0.25) is 4.31 Å². The zero-order valence-corrected chi connectivity index (χ0v) is 19.1. The highest BCUT2D eigenvalue weighted by Gasteiger charge is 2.28. The summed E-state index contributed by atoms with van der Waals surface area (Å²) in [5.41, 5.74) is 0.456. The number of benzene rings is 2. The second-order valence-electron chi connectivity index (χ2n) is 7.08. The van der Waals surface area contributed by atoms with E-state index in [0.717, 1.165) is 4.31 Å². The van der Waals surface area contributed by atoms with Gasteiger partial charge < -0.3 is 9.26 Å². The van der Waals surface area contributed by atoms with E-state index in [-0.39, 0.29) is 40.4 Å². The van der Waals surface area contributed by atoms with Crippen LogP contribution >= 0.6 is 11.6 Å². The highest BCUT2D eigenvalue weighted by molar-refractivity contribution is 7.93. The van der Waals surface area contributed by atoms with Gasteiger partial charge in [0.2, 0.25) is 0 Å². The van der Waals surface area contributed by atoms with Crippen molar-refractivity contribution in [2.24, 2.45) is 0 Å². The summed E-state index contributed by atoms with van der Waals surface area (Å²) in [6.07, 6.45) is 1.46. The van der Waals surface area contributed by atoms with Crippen LogP contribution in [0.1, 0.15) is 41.8 Å². The Morgan fingerprint density at radius 3 is 2.59 bits per heavy atom. The molecule has 10 heteroatoms. The molecule has 2 aromatic carbocycles. The van der Waals surface area contributed by atoms with Crippen LogP contribution in [0, 0.1) is 0 Å². The molecule has 168 valence electrons. The Kier molecular flexibility index (Phi) is 7.32. The molecule has 0 saturated carbocycles. The van der Waals surface area contributed by atoms with Crippen molar-refractivity contribution in [2.75, 3.05) is 10.8 Å². The number of ether oxygens (including phenoxy) is 1. The SMILES string of the molecule is C=CCN(c1ccccc1)S(=O)(=O)c1cc(C(=O)OCc2nc(C(C)C)no2)ccc1Cl. The molecule has 0 unspecified atom stereocenters. The molecule has 0 fully saturated rings. The van der Waals surface area contributed by atoms with E-state index in [1.807, 2.05) is 13.8 Å². The summed E-state index contributed by atoms with van der Waals surface area (Å²) in [7, 11) is -4.09. The number of carbonyl (C=O) groups excluding carboxylic acids is 1. The number of rotatable bonds is 9. The van der Waals surface area contributed by atoms with E-state index >= 15 is 0 Å². The van der Waals surface area contributed by atoms with Gasteiger partial charge in [-0.2, -0.15) is 4.98 Å². The molecular formula is C22H22ClN3O5S. The largest absolute Gasteiger partial charge is 0.452 e. The average Bonchev–Trinajstić information content (AvgIpc) is 3.26. The molecule has 0 bridgehead atoms. The molecule has 0 aliphatic carbocycles. The van der Waals surface area contributed by atoms with Crippen LogP contribution in [0.2, 0.25) is 5.02 Å². The molecule has 1 aromatic heterocycles. The van der Waals surface area contributed by atoms with Gasteiger partial charge in [0.15, 0.2) is 12.4 Å². The number of esters is 1. The Balaban J connectivity index is 1.86. The fourth-order valence-electron chi connectivity index (χ4n) is 2.77. The Morgan fingerprint density at radius 1 is 1.25 bits per heavy atom. The average molecular weight is 476 g/mol. The van der Waals surface area contributed by atoms with Crippen LogP contribution in [-0.4, -0.2) is 31.1 Å². The maximum absolute atomic E-state index is 13.4. The molecule has 0 aliphatic rings. The molecular weight excluding hydrogens is 454 g/mol. The third-order valence-corrected chi connectivity index (χ3v) is 6.68. The van der Waals surface area contributed by atoms with Crippen molar-refractivity contribution in [1.29, 1.82) is 0 Å². The van der Waals surface area contributed by atoms with E-state index in [2.05, 4.69) is 16.7 Å². The minimum Gasteiger partial charge on any atom is -0.452 e. The monoisotopic (exact) mass is 475 g/mol. The molecule has 0 saturated heterocycles. The van der Waals surface area contributed by atoms with Gasteiger partial charge in [0.25, 0.3) is 15.9 Å². The lowest BCUT2D eigenvalue weighted by atomic mass is 10.2. The van der Waals surface area contributed by atoms with Gasteiger partial charge in [-0.1, -0.05) is 54.9 Å². The fraction of sp³-hybridized carbons (Fsp3) is 0.227. The molecule has 8 nitrogen and oxygen atoms in total. The predicted molar refractivity (Wildman–Crippen MR) is 120 cm³/mol. The first-order chi connectivity index (χ1) is 15.2. The molecule has 3 aromatic rings. The van der Waals surface area contributed by atoms with Gasteiger partial charge >= 0.3 is 5.97 Å². The predicted octanol–water partition coefficient (Wildman–Crippen LogP) is 4.58. The van der Waals surface area contributed by atoms with Gasteiger partial charge in [0, 0.05) is 5.92 Å². The number of halogens is 1. The topological polar surface area (TPSA) is 103 Å². The van der Waals surface area contributed by atoms with Gasteiger partial charge in [-0.05, 0) is 30.3 Å². The highest BCUT2D eigenvalue weighted by atomic mass is 35.5. The lowest BCUT2D eigenvalue weighted by Crippen LogP contribution is -2.31. The summed E-state index contributed by atoms with van der Waals surface area (Å²) < 4.78 is 38.1. The number of anilines is 1. The van der Waals surface area contributed by atoms with Crippen molar-refractivity contribution in [3.8, 4) is 0 Å². The van der Waals surface area contributed by atoms with Gasteiger partial charge in [0.1, 0.15) is 4.90 Å². The quantitative estimate of drug-likeness (QED) is 0.329. The first-order valence-corrected chi connectivity index (χ1v) is 11.5. The van der Waals surface area contributed by atoms with E-state index in [1.165, 1.54) is 24.3 Å². The van der Waals surface area contributed by atoms with E-state index in [0.29, 0.717) is 11.5 Å². The first kappa shape index (κ1) is 23.5. The molecule has 0 aliphatic heterocycles. The number of hydrogen-bond donors (Lipinski definition) is 0. The number of carbonyl (C=O) groups is 1. The van der Waals surface area contributed by atoms with Crippen LogP contribution in [0.25, 0.3) is 0 Å². The summed E-state index contributed by atoms with van der Waals surface area (Å²) in [6, 6.07) is 12.4. The van der Waals surface area contributed by atoms with Crippen molar-refractivity contribution in [2.45, 2.75) is 31.3 Å². The van der Waals surface area contributed by atoms with Crippen LogP contribution in [0.4, 0.5) is 5.69 Å². The van der Waals surface area contributed by atoms with Crippen LogP contribution in [0.15, 0.2) is 70.6 Å². The normalized spacial score (nSPS) is 11.4. The van der Waals surface area contributed by atoms with E-state index < -0.39 is 16.0 Å². The van der Waals surface area contributed by atoms with Crippen molar-refractivity contribution >= 4 is 33.3 Å². The van der Waals surface area contributed by atoms with Crippen LogP contribution in [-0.2, 0) is 21.4 Å². The van der Waals surface area contributed by atoms with E-state index in [9.17, 15) is 13.2 Å². The Bertz CT molecular complexity index is 1210. The summed E-state index contributed by atoms with van der Waals surface area (Å²) >= 11 is 6.21. The maximum Gasteiger partial charge on any atom is 0.338 e. The third-order valence-electron chi connectivity index (χ3n) is 4.40. The second kappa shape index (κ2) is 9.97. The number of sulfonamides is 1. The molecule has 0 radical (unpaired) electrons. The minimum absolute atomic E-state index is 0.0168. The summed E-state index contributed by atoms with van der Waals surface area (Å²) in [6.45, 7) is 7.22. The first-order valence-electron chi connectivity index (χ1n) is 9.72. The molecule has 3 rings (SSSR count). The van der Waals surface area contributed by atoms with Crippen molar-refractivity contribution in [3.63, 3.8) is 0 Å². The van der Waals surface area contributed by atoms with Crippen molar-refractivity contribution in [1.82, 2.24) is 10.1 Å². The minimum atomic E-state index is -4.09. The standard InChI is InChI=1S/C22H22ClN3O5S/c1-4-12-26(17-8-6-5-7-9-17)32(28,29)19-13-16(10-11-18(19)23)22(27)30-14-20-24-21(15(2)3)25-31-20/h4-11,13,15H,1,12,14H2,2-3H3. The van der Waals surface area contributed by atoms with Crippen LogP contribution in [0.5, 0.6) is 0 Å². The Morgan fingerprint density at radius 2 is 1.97 bits per heavy atom. The lowest BCUT2D eigenvalue weighted by molar-refractivity contribution is 0.0429. The highest BCUT2D eigenvalue weighted by Crippen LogP contribution is 2.29. The molecule has 32 heavy (non-hydrogen) atoms. The summed E-state index contributed by atoms with van der Waals surface area (Å²) in [5.74, 6) is -0.0445. The molecule has 0 spiro atoms. The molecule has 1 heterocycles. The van der Waals surface area contributed by atoms with Gasteiger partial charge in [0.05, 0.1) is 22.8 Å². The summed E-state index contributed by atoms with van der Waals surface area (Å²) in [4.78, 5) is 16.4. The van der Waals surface area contributed by atoms with Crippen LogP contribution in [0.3, 0.4) is 0 Å². The van der Waals surface area contributed by atoms with Crippen molar-refractivity contribution in [3.05, 3.63) is 83.5 Å². The third kappa shape index (κ3) is 5.17. The molecule has 0 atom stereocenters. The number of hydrogen-bond acceptors (Lipinski definition) is 7. The van der Waals surface area contributed by atoms with E-state index in [1.54, 1.807) is 30.3 Å². The molecule has 0 amide bonds. The zero-order chi connectivity index (χ0) is 23.3. The number of aromatic nitrogens is 2. The number of nitrogens with zero attached hydrogens (tertiary/aromatic N) is 3. The second-order valence-corrected chi connectivity index (χ2v) is 9.32. The number of para-hydroxylation sites is 1. The van der Waals surface area contributed by atoms with E-state index in [4.69, 9.17) is 20.9 Å². The zero-order valence-electron chi connectivity index (χ0n) is 17.6. The fourth-order valence-corrected chi connectivity index (χ4v) is 4.71. The smallest absolute Gasteiger partial charge is 0.338 e. The van der Waals surface area contributed by atoms with Crippen LogP contribution < -0.4 is 4.31 Å². The Labute approximate surface area is 191 Å². The lowest BCUT2D eigenvalue weighted by Gasteiger charge is -2.23. The van der Waals surface area contributed by atoms with Gasteiger partial charge in [-0.25, -0.2) is 13.2 Å².